The lowest BCUT2D eigenvalue weighted by Crippen LogP contribution is -1.95. The quantitative estimate of drug-likeness (QED) is 0.689. The molecule has 0 aliphatic rings. The number of nitrogens with one attached hydrogen (secondary N) is 1. The second-order valence-corrected chi connectivity index (χ2v) is 4.13. The van der Waals surface area contributed by atoms with Crippen molar-refractivity contribution < 1.29 is 0 Å². The zero-order valence-corrected chi connectivity index (χ0v) is 8.73. The Labute approximate surface area is 75.2 Å². The van der Waals surface area contributed by atoms with Crippen molar-refractivity contribution in [2.75, 3.05) is 0 Å². The van der Waals surface area contributed by atoms with Crippen molar-refractivity contribution in [2.24, 2.45) is 0 Å². The highest BCUT2D eigenvalue weighted by molar-refractivity contribution is 5.30. The second kappa shape index (κ2) is 3.34. The van der Waals surface area contributed by atoms with Crippen LogP contribution in [0.4, 0.5) is 0 Å². The highest BCUT2D eigenvalue weighted by Gasteiger charge is 2.11. The van der Waals surface area contributed by atoms with Gasteiger partial charge in [0.1, 0.15) is 0 Å². The molecule has 0 fully saturated rings. The third-order valence-electron chi connectivity index (χ3n) is 2.21. The highest BCUT2D eigenvalue weighted by Crippen LogP contribution is 2.25. The molecule has 0 aromatic carbocycles. The van der Waals surface area contributed by atoms with Gasteiger partial charge in [0.15, 0.2) is 0 Å². The molecule has 0 amide bonds. The summed E-state index contributed by atoms with van der Waals surface area (Å²) < 4.78 is 0. The van der Waals surface area contributed by atoms with Crippen LogP contribution in [-0.4, -0.2) is 4.98 Å². The summed E-state index contributed by atoms with van der Waals surface area (Å²) in [5, 5.41) is 0. The van der Waals surface area contributed by atoms with Crippen molar-refractivity contribution in [2.45, 2.75) is 46.5 Å². The summed E-state index contributed by atoms with van der Waals surface area (Å²) in [6, 6.07) is 2.26. The summed E-state index contributed by atoms with van der Waals surface area (Å²) in [4.78, 5) is 3.43. The maximum absolute atomic E-state index is 3.43. The van der Waals surface area contributed by atoms with Gasteiger partial charge in [-0.3, -0.25) is 0 Å². The average molecular weight is 165 g/mol. The minimum absolute atomic E-state index is 0.607. The Hall–Kier alpha value is -0.720. The first-order valence-corrected chi connectivity index (χ1v) is 4.71. The van der Waals surface area contributed by atoms with Crippen molar-refractivity contribution in [3.63, 3.8) is 0 Å². The van der Waals surface area contributed by atoms with E-state index in [1.165, 1.54) is 17.0 Å². The van der Waals surface area contributed by atoms with Gasteiger partial charge in [-0.1, -0.05) is 27.7 Å². The number of aryl methyl sites for hydroxylation is 1. The molecule has 68 valence electrons. The number of hydrogen-bond donors (Lipinski definition) is 1. The van der Waals surface area contributed by atoms with E-state index in [4.69, 9.17) is 0 Å². The third kappa shape index (κ3) is 1.71. The van der Waals surface area contributed by atoms with Crippen molar-refractivity contribution in [1.82, 2.24) is 4.98 Å². The minimum Gasteiger partial charge on any atom is -0.362 e. The van der Waals surface area contributed by atoms with E-state index in [0.717, 1.165) is 0 Å². The van der Waals surface area contributed by atoms with Gasteiger partial charge in [-0.25, -0.2) is 0 Å². The van der Waals surface area contributed by atoms with E-state index in [1.807, 2.05) is 0 Å². The Kier molecular flexibility index (Phi) is 2.61. The maximum atomic E-state index is 3.43. The lowest BCUT2D eigenvalue weighted by atomic mass is 9.98. The van der Waals surface area contributed by atoms with Crippen molar-refractivity contribution in [3.05, 3.63) is 23.0 Å². The Morgan fingerprint density at radius 1 is 1.08 bits per heavy atom. The second-order valence-electron chi connectivity index (χ2n) is 4.13. The van der Waals surface area contributed by atoms with Gasteiger partial charge in [0.2, 0.25) is 0 Å². The molecule has 0 radical (unpaired) electrons. The third-order valence-corrected chi connectivity index (χ3v) is 2.21. The van der Waals surface area contributed by atoms with Gasteiger partial charge in [0.25, 0.3) is 0 Å². The van der Waals surface area contributed by atoms with Crippen molar-refractivity contribution in [3.8, 4) is 0 Å². The van der Waals surface area contributed by atoms with E-state index in [9.17, 15) is 0 Å². The predicted molar refractivity (Wildman–Crippen MR) is 53.7 cm³/mol. The van der Waals surface area contributed by atoms with E-state index in [-0.39, 0.29) is 0 Å². The van der Waals surface area contributed by atoms with E-state index in [1.54, 1.807) is 0 Å². The van der Waals surface area contributed by atoms with E-state index in [2.05, 4.69) is 45.7 Å². The summed E-state index contributed by atoms with van der Waals surface area (Å²) in [5.74, 6) is 1.24. The molecule has 1 aromatic heterocycles. The molecular formula is C11H19N. The average Bonchev–Trinajstić information content (AvgIpc) is 2.31. The van der Waals surface area contributed by atoms with Gasteiger partial charge in [0.05, 0.1) is 0 Å². The van der Waals surface area contributed by atoms with Crippen LogP contribution < -0.4 is 0 Å². The van der Waals surface area contributed by atoms with E-state index < -0.39 is 0 Å². The van der Waals surface area contributed by atoms with Crippen LogP contribution in [0.15, 0.2) is 6.07 Å². The molecule has 1 heteroatoms. The van der Waals surface area contributed by atoms with Crippen molar-refractivity contribution >= 4 is 0 Å². The predicted octanol–water partition coefficient (Wildman–Crippen LogP) is 3.57. The number of hydrogen-bond acceptors (Lipinski definition) is 0. The molecular weight excluding hydrogens is 146 g/mol. The van der Waals surface area contributed by atoms with Crippen LogP contribution in [0, 0.1) is 6.92 Å². The van der Waals surface area contributed by atoms with Gasteiger partial charge in [-0.05, 0) is 30.4 Å². The van der Waals surface area contributed by atoms with Gasteiger partial charge in [-0.2, -0.15) is 0 Å². The molecule has 0 aliphatic heterocycles. The molecule has 0 spiro atoms. The molecule has 0 saturated heterocycles. The lowest BCUT2D eigenvalue weighted by molar-refractivity contribution is 0.773. The lowest BCUT2D eigenvalue weighted by Gasteiger charge is -2.09. The van der Waals surface area contributed by atoms with Crippen LogP contribution in [0.1, 0.15) is 56.5 Å². The normalized spacial score (nSPS) is 11.6. The molecule has 1 nitrogen and oxygen atoms in total. The molecule has 0 bridgehead atoms. The smallest absolute Gasteiger partial charge is 0.0210 e. The zero-order chi connectivity index (χ0) is 9.30. The van der Waals surface area contributed by atoms with Crippen LogP contribution in [0.3, 0.4) is 0 Å². The molecule has 0 atom stereocenters. The van der Waals surface area contributed by atoms with Crippen molar-refractivity contribution in [1.29, 1.82) is 0 Å². The van der Waals surface area contributed by atoms with Gasteiger partial charge in [-0.15, -0.1) is 0 Å². The highest BCUT2D eigenvalue weighted by atomic mass is 14.7. The molecule has 12 heavy (non-hydrogen) atoms. The molecule has 1 rings (SSSR count). The Morgan fingerprint density at radius 2 is 1.67 bits per heavy atom. The number of aromatic nitrogens is 1. The first-order chi connectivity index (χ1) is 5.52. The van der Waals surface area contributed by atoms with Gasteiger partial charge in [0, 0.05) is 11.4 Å². The fourth-order valence-corrected chi connectivity index (χ4v) is 1.59. The van der Waals surface area contributed by atoms with Crippen LogP contribution in [0.5, 0.6) is 0 Å². The monoisotopic (exact) mass is 165 g/mol. The number of aromatic amines is 1. The largest absolute Gasteiger partial charge is 0.362 e. The Balaban J connectivity index is 3.08. The molecule has 1 N–H and O–H groups in total. The van der Waals surface area contributed by atoms with E-state index in [0.29, 0.717) is 11.8 Å². The zero-order valence-electron chi connectivity index (χ0n) is 8.73. The standard InChI is InChI=1S/C11H19N/c1-7(2)10-6-9(5)12-11(10)8(3)4/h6-8,12H,1-5H3. The molecule has 0 unspecified atom stereocenters. The first-order valence-electron chi connectivity index (χ1n) is 4.71. The van der Waals surface area contributed by atoms with Crippen LogP contribution in [-0.2, 0) is 0 Å². The SMILES string of the molecule is Cc1cc(C(C)C)c(C(C)C)[nH]1. The summed E-state index contributed by atoms with van der Waals surface area (Å²) in [6.45, 7) is 11.1. The van der Waals surface area contributed by atoms with Gasteiger partial charge >= 0.3 is 0 Å². The van der Waals surface area contributed by atoms with Crippen LogP contribution in [0.2, 0.25) is 0 Å². The molecule has 0 saturated carbocycles. The molecule has 1 heterocycles. The summed E-state index contributed by atoms with van der Waals surface area (Å²) in [6.07, 6.45) is 0. The summed E-state index contributed by atoms with van der Waals surface area (Å²) >= 11 is 0. The Bertz CT molecular complexity index is 230. The number of H-pyrrole nitrogens is 1. The fraction of sp³-hybridized carbons (Fsp3) is 0.636. The summed E-state index contributed by atoms with van der Waals surface area (Å²) in [7, 11) is 0. The fourth-order valence-electron chi connectivity index (χ4n) is 1.59. The summed E-state index contributed by atoms with van der Waals surface area (Å²) in [5.41, 5.74) is 4.16. The van der Waals surface area contributed by atoms with Crippen LogP contribution in [0.25, 0.3) is 0 Å². The Morgan fingerprint density at radius 3 is 2.00 bits per heavy atom. The molecule has 1 aromatic rings. The van der Waals surface area contributed by atoms with Crippen LogP contribution >= 0.6 is 0 Å². The topological polar surface area (TPSA) is 15.8 Å². The number of rotatable bonds is 2. The van der Waals surface area contributed by atoms with E-state index >= 15 is 0 Å². The van der Waals surface area contributed by atoms with Gasteiger partial charge < -0.3 is 4.98 Å². The maximum Gasteiger partial charge on any atom is 0.0210 e. The molecule has 0 aliphatic carbocycles. The minimum atomic E-state index is 0.607. The first kappa shape index (κ1) is 9.37.